The maximum absolute atomic E-state index is 12.1. The highest BCUT2D eigenvalue weighted by molar-refractivity contribution is 9.10. The fourth-order valence-corrected chi connectivity index (χ4v) is 4.27. The molecule has 1 aliphatic rings. The van der Waals surface area contributed by atoms with E-state index in [-0.39, 0.29) is 23.5 Å². The molecule has 4 nitrogen and oxygen atoms in total. The minimum absolute atomic E-state index is 0.00433. The Labute approximate surface area is 125 Å². The highest BCUT2D eigenvalue weighted by Gasteiger charge is 2.26. The van der Waals surface area contributed by atoms with Crippen LogP contribution in [0, 0.1) is 0 Å². The summed E-state index contributed by atoms with van der Waals surface area (Å²) in [5.74, 6) is -0.130. The fourth-order valence-electron chi connectivity index (χ4n) is 2.07. The lowest BCUT2D eigenvalue weighted by Crippen LogP contribution is -2.43. The van der Waals surface area contributed by atoms with Crippen LogP contribution in [0.4, 0.5) is 0 Å². The van der Waals surface area contributed by atoms with Gasteiger partial charge in [-0.2, -0.15) is 0 Å². The normalized spacial score (nSPS) is 21.9. The summed E-state index contributed by atoms with van der Waals surface area (Å²) in [6.45, 7) is 0. The number of amides is 1. The molecule has 1 amide bonds. The van der Waals surface area contributed by atoms with Crippen LogP contribution in [0.25, 0.3) is 0 Å². The molecule has 104 valence electrons. The van der Waals surface area contributed by atoms with Crippen LogP contribution in [0.1, 0.15) is 23.2 Å². The molecule has 1 aromatic rings. The third kappa shape index (κ3) is 3.94. The van der Waals surface area contributed by atoms with Crippen molar-refractivity contribution in [3.8, 4) is 0 Å². The lowest BCUT2D eigenvalue weighted by molar-refractivity contribution is 0.0938. The van der Waals surface area contributed by atoms with Gasteiger partial charge in [-0.05, 0) is 31.0 Å². The van der Waals surface area contributed by atoms with Gasteiger partial charge in [-0.25, -0.2) is 8.42 Å². The second-order valence-corrected chi connectivity index (χ2v) is 8.10. The minimum Gasteiger partial charge on any atom is -0.348 e. The van der Waals surface area contributed by atoms with Crippen molar-refractivity contribution in [1.29, 1.82) is 0 Å². The molecule has 0 aliphatic carbocycles. The summed E-state index contributed by atoms with van der Waals surface area (Å²) in [7, 11) is -3.03. The lowest BCUT2D eigenvalue weighted by Gasteiger charge is -2.23. The van der Waals surface area contributed by atoms with Crippen LogP contribution in [0.5, 0.6) is 0 Å². The minimum atomic E-state index is -3.03. The highest BCUT2D eigenvalue weighted by atomic mass is 79.9. The van der Waals surface area contributed by atoms with Gasteiger partial charge in [-0.1, -0.05) is 27.5 Å². The number of hydrogen-bond donors (Lipinski definition) is 1. The van der Waals surface area contributed by atoms with Crippen LogP contribution in [0.2, 0.25) is 5.02 Å². The molecule has 7 heteroatoms. The number of nitrogens with one attached hydrogen (secondary N) is 1. The van der Waals surface area contributed by atoms with E-state index in [9.17, 15) is 13.2 Å². The van der Waals surface area contributed by atoms with Crippen LogP contribution in [-0.4, -0.2) is 31.9 Å². The van der Waals surface area contributed by atoms with Gasteiger partial charge >= 0.3 is 0 Å². The SMILES string of the molecule is O=C(NC1CCCS(=O)(=O)C1)c1cc(Br)ccc1Cl. The molecule has 1 aliphatic heterocycles. The molecule has 0 radical (unpaired) electrons. The molecule has 0 bridgehead atoms. The predicted octanol–water partition coefficient (Wildman–Crippen LogP) is 2.41. The Balaban J connectivity index is 2.11. The monoisotopic (exact) mass is 365 g/mol. The standard InChI is InChI=1S/C12H13BrClNO3S/c13-8-3-4-11(14)10(6-8)12(16)15-9-2-1-5-19(17,18)7-9/h3-4,6,9H,1-2,5,7H2,(H,15,16). The maximum atomic E-state index is 12.1. The molecular formula is C12H13BrClNO3S. The number of rotatable bonds is 2. The van der Waals surface area contributed by atoms with Gasteiger partial charge in [0.05, 0.1) is 22.1 Å². The number of hydrogen-bond acceptors (Lipinski definition) is 3. The summed E-state index contributed by atoms with van der Waals surface area (Å²) in [4.78, 5) is 12.1. The van der Waals surface area contributed by atoms with Gasteiger partial charge in [0.25, 0.3) is 5.91 Å². The molecule has 1 aromatic carbocycles. The van der Waals surface area contributed by atoms with Gasteiger partial charge in [0.1, 0.15) is 0 Å². The van der Waals surface area contributed by atoms with E-state index in [0.717, 1.165) is 4.47 Å². The molecular weight excluding hydrogens is 354 g/mol. The first-order valence-corrected chi connectivity index (χ1v) is 8.83. The molecule has 1 N–H and O–H groups in total. The Morgan fingerprint density at radius 1 is 1.42 bits per heavy atom. The lowest BCUT2D eigenvalue weighted by atomic mass is 10.1. The number of sulfone groups is 1. The van der Waals surface area contributed by atoms with Crippen molar-refractivity contribution in [2.75, 3.05) is 11.5 Å². The van der Waals surface area contributed by atoms with E-state index in [1.54, 1.807) is 18.2 Å². The third-order valence-corrected chi connectivity index (χ3v) is 5.62. The zero-order valence-corrected chi connectivity index (χ0v) is 13.2. The quantitative estimate of drug-likeness (QED) is 0.874. The summed E-state index contributed by atoms with van der Waals surface area (Å²) >= 11 is 9.24. The molecule has 1 heterocycles. The Bertz CT molecular complexity index is 603. The molecule has 0 spiro atoms. The van der Waals surface area contributed by atoms with E-state index < -0.39 is 9.84 Å². The summed E-state index contributed by atoms with van der Waals surface area (Å²) in [5, 5.41) is 3.08. The van der Waals surface area contributed by atoms with Crippen LogP contribution in [0.3, 0.4) is 0 Å². The van der Waals surface area contributed by atoms with Gasteiger partial charge in [-0.3, -0.25) is 4.79 Å². The molecule has 1 atom stereocenters. The Hall–Kier alpha value is -0.590. The third-order valence-electron chi connectivity index (χ3n) is 2.97. The number of carbonyl (C=O) groups excluding carboxylic acids is 1. The average Bonchev–Trinajstić information content (AvgIpc) is 2.31. The van der Waals surface area contributed by atoms with Crippen molar-refractivity contribution in [3.63, 3.8) is 0 Å². The van der Waals surface area contributed by atoms with Crippen LogP contribution in [-0.2, 0) is 9.84 Å². The molecule has 1 fully saturated rings. The Kier molecular flexibility index (Phi) is 4.53. The van der Waals surface area contributed by atoms with Gasteiger partial charge in [0, 0.05) is 10.5 Å². The molecule has 2 rings (SSSR count). The van der Waals surface area contributed by atoms with Crippen molar-refractivity contribution < 1.29 is 13.2 Å². The molecule has 1 unspecified atom stereocenters. The second kappa shape index (κ2) is 5.81. The number of benzene rings is 1. The van der Waals surface area contributed by atoms with Crippen molar-refractivity contribution in [2.45, 2.75) is 18.9 Å². The molecule has 19 heavy (non-hydrogen) atoms. The maximum Gasteiger partial charge on any atom is 0.253 e. The molecule has 0 saturated carbocycles. The fraction of sp³-hybridized carbons (Fsp3) is 0.417. The van der Waals surface area contributed by atoms with Crippen molar-refractivity contribution in [3.05, 3.63) is 33.3 Å². The summed E-state index contributed by atoms with van der Waals surface area (Å²) in [6, 6.07) is 4.65. The molecule has 1 saturated heterocycles. The highest BCUT2D eigenvalue weighted by Crippen LogP contribution is 2.21. The zero-order valence-electron chi connectivity index (χ0n) is 10.0. The Morgan fingerprint density at radius 2 is 2.16 bits per heavy atom. The smallest absolute Gasteiger partial charge is 0.253 e. The van der Waals surface area contributed by atoms with Crippen molar-refractivity contribution in [1.82, 2.24) is 5.32 Å². The first kappa shape index (κ1) is 14.8. The van der Waals surface area contributed by atoms with Crippen molar-refractivity contribution >= 4 is 43.3 Å². The molecule has 0 aromatic heterocycles. The van der Waals surface area contributed by atoms with Gasteiger partial charge < -0.3 is 5.32 Å². The average molecular weight is 367 g/mol. The van der Waals surface area contributed by atoms with Gasteiger partial charge in [0.2, 0.25) is 0 Å². The first-order valence-electron chi connectivity index (χ1n) is 5.84. The van der Waals surface area contributed by atoms with E-state index in [4.69, 9.17) is 11.6 Å². The van der Waals surface area contributed by atoms with E-state index in [1.165, 1.54) is 0 Å². The van der Waals surface area contributed by atoms with Gasteiger partial charge in [-0.15, -0.1) is 0 Å². The van der Waals surface area contributed by atoms with E-state index >= 15 is 0 Å². The first-order chi connectivity index (χ1) is 8.87. The van der Waals surface area contributed by atoms with Crippen molar-refractivity contribution in [2.24, 2.45) is 0 Å². The Morgan fingerprint density at radius 3 is 2.84 bits per heavy atom. The summed E-state index contributed by atoms with van der Waals surface area (Å²) < 4.78 is 23.8. The van der Waals surface area contributed by atoms with E-state index in [0.29, 0.717) is 23.4 Å². The largest absolute Gasteiger partial charge is 0.348 e. The summed E-state index contributed by atoms with van der Waals surface area (Å²) in [5.41, 5.74) is 0.346. The number of carbonyl (C=O) groups is 1. The second-order valence-electron chi connectivity index (χ2n) is 4.55. The topological polar surface area (TPSA) is 63.2 Å². The summed E-state index contributed by atoms with van der Waals surface area (Å²) in [6.07, 6.45) is 1.26. The van der Waals surface area contributed by atoms with Crippen LogP contribution < -0.4 is 5.32 Å². The van der Waals surface area contributed by atoms with Gasteiger partial charge in [0.15, 0.2) is 9.84 Å². The van der Waals surface area contributed by atoms with E-state index in [2.05, 4.69) is 21.2 Å². The predicted molar refractivity (Wildman–Crippen MR) is 78.3 cm³/mol. The van der Waals surface area contributed by atoms with Crippen LogP contribution in [0.15, 0.2) is 22.7 Å². The number of halogens is 2. The van der Waals surface area contributed by atoms with E-state index in [1.807, 2.05) is 0 Å². The zero-order chi connectivity index (χ0) is 14.0. The van der Waals surface area contributed by atoms with Crippen LogP contribution >= 0.6 is 27.5 Å².